The molecule has 4 saturated carbocycles. The Morgan fingerprint density at radius 1 is 0.973 bits per heavy atom. The van der Waals surface area contributed by atoms with Gasteiger partial charge >= 0.3 is 0 Å². The van der Waals surface area contributed by atoms with E-state index in [2.05, 4.69) is 43.0 Å². The van der Waals surface area contributed by atoms with Gasteiger partial charge in [-0.2, -0.15) is 0 Å². The Bertz CT molecular complexity index is 1310. The van der Waals surface area contributed by atoms with E-state index in [9.17, 15) is 9.59 Å². The molecule has 0 N–H and O–H groups in total. The molecule has 0 radical (unpaired) electrons. The quantitative estimate of drug-likeness (QED) is 0.478. The molecule has 3 heterocycles. The second-order valence-electron chi connectivity index (χ2n) is 12.6. The van der Waals surface area contributed by atoms with Crippen molar-refractivity contribution >= 4 is 22.9 Å². The van der Waals surface area contributed by atoms with Crippen molar-refractivity contribution in [1.29, 1.82) is 0 Å². The highest BCUT2D eigenvalue weighted by Gasteiger charge is 2.56. The fraction of sp³-hybridized carbons (Fsp3) is 0.548. The maximum Gasteiger partial charge on any atom is 0.270 e. The van der Waals surface area contributed by atoms with Crippen LogP contribution in [-0.2, 0) is 11.3 Å². The Kier molecular flexibility index (Phi) is 5.31. The van der Waals surface area contributed by atoms with Gasteiger partial charge in [0.25, 0.3) is 5.91 Å². The standard InChI is InChI=1S/C31H37N3O3/c1-20-3-5-22(6-4-20)19-34-27(14-26-7-10-37-29(26)34)28(35)32-8-9-33(21(2)18-32)30(36)31-15-23-11-24(16-31)13-25(12-23)17-31/h3-7,10,14,21,23-25H,8-9,11-13,15-19H2,1-2H3/t21-,23?,24?,25?,31?/m1/s1. The third-order valence-electron chi connectivity index (χ3n) is 9.85. The summed E-state index contributed by atoms with van der Waals surface area (Å²) in [5, 5.41) is 0.944. The Morgan fingerprint density at radius 3 is 2.30 bits per heavy atom. The van der Waals surface area contributed by atoms with Crippen LogP contribution in [0.1, 0.15) is 67.1 Å². The predicted octanol–water partition coefficient (Wildman–Crippen LogP) is 5.48. The molecule has 2 aromatic heterocycles. The smallest absolute Gasteiger partial charge is 0.270 e. The van der Waals surface area contributed by atoms with Crippen molar-refractivity contribution in [2.75, 3.05) is 19.6 Å². The molecule has 5 fully saturated rings. The van der Waals surface area contributed by atoms with Gasteiger partial charge in [-0.15, -0.1) is 0 Å². The molecule has 6 nitrogen and oxygen atoms in total. The van der Waals surface area contributed by atoms with Gasteiger partial charge in [-0.05, 0) is 87.8 Å². The fourth-order valence-electron chi connectivity index (χ4n) is 8.47. The van der Waals surface area contributed by atoms with Crippen LogP contribution in [0.4, 0.5) is 0 Å². The third kappa shape index (κ3) is 3.82. The van der Waals surface area contributed by atoms with Crippen molar-refractivity contribution in [1.82, 2.24) is 14.4 Å². The number of piperazine rings is 1. The molecule has 1 saturated heterocycles. The fourth-order valence-corrected chi connectivity index (χ4v) is 8.47. The average Bonchev–Trinajstić information content (AvgIpc) is 3.46. The van der Waals surface area contributed by atoms with Crippen molar-refractivity contribution in [3.05, 3.63) is 59.5 Å². The number of amides is 2. The summed E-state index contributed by atoms with van der Waals surface area (Å²) in [6.07, 6.45) is 8.99. The lowest BCUT2D eigenvalue weighted by atomic mass is 9.49. The molecule has 4 aliphatic carbocycles. The van der Waals surface area contributed by atoms with E-state index in [0.29, 0.717) is 37.8 Å². The van der Waals surface area contributed by atoms with E-state index in [4.69, 9.17) is 4.42 Å². The number of fused-ring (bicyclic) bond motifs is 1. The number of carbonyl (C=O) groups is 2. The predicted molar refractivity (Wildman–Crippen MR) is 142 cm³/mol. The molecule has 5 aliphatic rings. The molecule has 194 valence electrons. The lowest BCUT2D eigenvalue weighted by molar-refractivity contribution is -0.161. The molecular formula is C31H37N3O3. The SMILES string of the molecule is Cc1ccc(Cn2c(C(=O)N3CCN(C(=O)C45CC6CC(CC(C6)C4)C5)[C@H](C)C3)cc3ccoc32)cc1. The van der Waals surface area contributed by atoms with Crippen LogP contribution in [0.2, 0.25) is 0 Å². The van der Waals surface area contributed by atoms with E-state index in [0.717, 1.165) is 53.7 Å². The molecule has 2 amide bonds. The van der Waals surface area contributed by atoms with Gasteiger partial charge in [-0.1, -0.05) is 29.8 Å². The Labute approximate surface area is 218 Å². The summed E-state index contributed by atoms with van der Waals surface area (Å²) in [7, 11) is 0. The first-order valence-electron chi connectivity index (χ1n) is 14.1. The zero-order valence-electron chi connectivity index (χ0n) is 22.0. The van der Waals surface area contributed by atoms with Crippen LogP contribution >= 0.6 is 0 Å². The highest BCUT2D eigenvalue weighted by molar-refractivity contribution is 5.98. The molecule has 0 unspecified atom stereocenters. The van der Waals surface area contributed by atoms with E-state index in [1.54, 1.807) is 6.26 Å². The average molecular weight is 500 g/mol. The first-order chi connectivity index (χ1) is 17.9. The minimum absolute atomic E-state index is 0.0206. The van der Waals surface area contributed by atoms with Crippen LogP contribution < -0.4 is 0 Å². The largest absolute Gasteiger partial charge is 0.448 e. The number of carbonyl (C=O) groups excluding carboxylic acids is 2. The first-order valence-corrected chi connectivity index (χ1v) is 14.1. The monoisotopic (exact) mass is 499 g/mol. The van der Waals surface area contributed by atoms with Gasteiger partial charge in [0, 0.05) is 31.1 Å². The third-order valence-corrected chi connectivity index (χ3v) is 9.85. The summed E-state index contributed by atoms with van der Waals surface area (Å²) >= 11 is 0. The topological polar surface area (TPSA) is 58.7 Å². The number of aromatic nitrogens is 1. The molecule has 0 spiro atoms. The van der Waals surface area contributed by atoms with E-state index >= 15 is 0 Å². The summed E-state index contributed by atoms with van der Waals surface area (Å²) in [5.41, 5.74) is 3.61. The Hall–Kier alpha value is -3.02. The highest BCUT2D eigenvalue weighted by Crippen LogP contribution is 2.60. The van der Waals surface area contributed by atoms with Gasteiger partial charge in [-0.25, -0.2) is 0 Å². The Balaban J connectivity index is 1.10. The van der Waals surface area contributed by atoms with E-state index < -0.39 is 0 Å². The molecular weight excluding hydrogens is 462 g/mol. The van der Waals surface area contributed by atoms with Gasteiger partial charge < -0.3 is 18.8 Å². The normalized spacial score (nSPS) is 30.9. The summed E-state index contributed by atoms with van der Waals surface area (Å²) in [6, 6.07) is 12.3. The lowest BCUT2D eigenvalue weighted by Gasteiger charge is -2.57. The van der Waals surface area contributed by atoms with Crippen LogP contribution in [0.25, 0.3) is 11.1 Å². The van der Waals surface area contributed by atoms with Crippen molar-refractivity contribution < 1.29 is 14.0 Å². The summed E-state index contributed by atoms with van der Waals surface area (Å²) in [5.74, 6) is 2.67. The zero-order valence-corrected chi connectivity index (χ0v) is 22.0. The molecule has 4 bridgehead atoms. The molecule has 8 rings (SSSR count). The minimum atomic E-state index is -0.123. The van der Waals surface area contributed by atoms with E-state index in [-0.39, 0.29) is 17.4 Å². The van der Waals surface area contributed by atoms with E-state index in [1.807, 2.05) is 21.6 Å². The Morgan fingerprint density at radius 2 is 1.65 bits per heavy atom. The van der Waals surface area contributed by atoms with Crippen molar-refractivity contribution in [3.63, 3.8) is 0 Å². The molecule has 37 heavy (non-hydrogen) atoms. The van der Waals surface area contributed by atoms with Crippen molar-refractivity contribution in [3.8, 4) is 0 Å². The molecule has 1 aliphatic heterocycles. The van der Waals surface area contributed by atoms with Crippen LogP contribution in [0.3, 0.4) is 0 Å². The maximum absolute atomic E-state index is 14.0. The molecule has 6 heteroatoms. The van der Waals surface area contributed by atoms with Crippen LogP contribution in [-0.4, -0.2) is 51.9 Å². The van der Waals surface area contributed by atoms with Crippen LogP contribution in [0.5, 0.6) is 0 Å². The van der Waals surface area contributed by atoms with Crippen LogP contribution in [0, 0.1) is 30.1 Å². The summed E-state index contributed by atoms with van der Waals surface area (Å²) in [6.45, 7) is 6.57. The van der Waals surface area contributed by atoms with Gasteiger partial charge in [0.15, 0.2) is 0 Å². The van der Waals surface area contributed by atoms with Crippen LogP contribution in [0.15, 0.2) is 47.1 Å². The van der Waals surface area contributed by atoms with Crippen molar-refractivity contribution in [2.24, 2.45) is 23.2 Å². The lowest BCUT2D eigenvalue weighted by Crippen LogP contribution is -2.61. The number of aryl methyl sites for hydroxylation is 1. The number of hydrogen-bond acceptors (Lipinski definition) is 3. The maximum atomic E-state index is 14.0. The van der Waals surface area contributed by atoms with Gasteiger partial charge in [0.1, 0.15) is 5.69 Å². The van der Waals surface area contributed by atoms with Crippen molar-refractivity contribution in [2.45, 2.75) is 65.0 Å². The first kappa shape index (κ1) is 23.1. The number of nitrogens with zero attached hydrogens (tertiary/aromatic N) is 3. The van der Waals surface area contributed by atoms with Gasteiger partial charge in [0.05, 0.1) is 18.2 Å². The van der Waals surface area contributed by atoms with Gasteiger partial charge in [0.2, 0.25) is 11.6 Å². The van der Waals surface area contributed by atoms with E-state index in [1.165, 1.54) is 24.8 Å². The number of rotatable bonds is 4. The zero-order chi connectivity index (χ0) is 25.3. The summed E-state index contributed by atoms with van der Waals surface area (Å²) in [4.78, 5) is 31.9. The second-order valence-corrected chi connectivity index (χ2v) is 12.6. The molecule has 1 aromatic carbocycles. The minimum Gasteiger partial charge on any atom is -0.448 e. The van der Waals surface area contributed by atoms with Gasteiger partial charge in [-0.3, -0.25) is 9.59 Å². The molecule has 3 aromatic rings. The number of hydrogen-bond donors (Lipinski definition) is 0. The molecule has 1 atom stereocenters. The second kappa shape index (κ2) is 8.50. The summed E-state index contributed by atoms with van der Waals surface area (Å²) < 4.78 is 7.79. The number of benzene rings is 1. The number of furan rings is 1. The highest BCUT2D eigenvalue weighted by atomic mass is 16.3.